The van der Waals surface area contributed by atoms with E-state index in [-0.39, 0.29) is 0 Å². The first-order valence-corrected chi connectivity index (χ1v) is 2.77. The standard InChI is InChI=1S/C3H10N2Si/c1-2-3(4,5)6/h2H,1,4-5H2,6H3. The fourth-order valence-electron chi connectivity index (χ4n) is 0. The molecule has 0 saturated carbocycles. The van der Waals surface area contributed by atoms with E-state index in [1.54, 1.807) is 6.08 Å². The summed E-state index contributed by atoms with van der Waals surface area (Å²) < 4.78 is 0. The molecular weight excluding hydrogens is 92.1 g/mol. The lowest BCUT2D eigenvalue weighted by Crippen LogP contribution is -2.47. The molecule has 0 aromatic rings. The maximum Gasteiger partial charge on any atom is 0.0600 e. The van der Waals surface area contributed by atoms with Crippen LogP contribution >= 0.6 is 0 Å². The average Bonchev–Trinajstić information content (AvgIpc) is 1.35. The molecule has 0 aliphatic heterocycles. The smallest absolute Gasteiger partial charge is 0.0600 e. The fourth-order valence-corrected chi connectivity index (χ4v) is 0. The zero-order chi connectivity index (χ0) is 5.21. The second kappa shape index (κ2) is 1.55. The van der Waals surface area contributed by atoms with Gasteiger partial charge in [0.15, 0.2) is 0 Å². The van der Waals surface area contributed by atoms with Crippen molar-refractivity contribution in [2.24, 2.45) is 11.5 Å². The molecule has 0 atom stereocenters. The fraction of sp³-hybridized carbons (Fsp3) is 0.333. The van der Waals surface area contributed by atoms with Gasteiger partial charge in [-0.25, -0.2) is 0 Å². The summed E-state index contributed by atoms with van der Waals surface area (Å²) in [7, 11) is 0.766. The molecule has 0 rings (SSSR count). The highest BCUT2D eigenvalue weighted by Gasteiger charge is 1.99. The van der Waals surface area contributed by atoms with Gasteiger partial charge >= 0.3 is 0 Å². The summed E-state index contributed by atoms with van der Waals surface area (Å²) in [6, 6.07) is 0. The largest absolute Gasteiger partial charge is 0.314 e. The average molecular weight is 102 g/mol. The first-order valence-electron chi connectivity index (χ1n) is 1.77. The number of rotatable bonds is 1. The third-order valence-electron chi connectivity index (χ3n) is 0.440. The van der Waals surface area contributed by atoms with Gasteiger partial charge in [-0.15, -0.1) is 6.58 Å². The number of hydrogen-bond donors (Lipinski definition) is 2. The van der Waals surface area contributed by atoms with E-state index in [0.717, 1.165) is 10.2 Å². The van der Waals surface area contributed by atoms with Crippen LogP contribution in [-0.4, -0.2) is 15.5 Å². The van der Waals surface area contributed by atoms with Crippen molar-refractivity contribution in [1.82, 2.24) is 0 Å². The Kier molecular flexibility index (Phi) is 1.52. The van der Waals surface area contributed by atoms with Gasteiger partial charge in [-0.05, 0) is 0 Å². The first kappa shape index (κ1) is 5.88. The molecule has 0 aromatic heterocycles. The van der Waals surface area contributed by atoms with Crippen LogP contribution in [0.2, 0.25) is 0 Å². The summed E-state index contributed by atoms with van der Waals surface area (Å²) in [5.41, 5.74) is 10.5. The summed E-state index contributed by atoms with van der Waals surface area (Å²) in [6.07, 6.45) is 1.55. The van der Waals surface area contributed by atoms with Crippen LogP contribution in [0.25, 0.3) is 0 Å². The summed E-state index contributed by atoms with van der Waals surface area (Å²) in [4.78, 5) is 0. The second-order valence-corrected chi connectivity index (χ2v) is 3.30. The normalized spacial score (nSPS) is 11.7. The zero-order valence-corrected chi connectivity index (χ0v) is 5.94. The monoisotopic (exact) mass is 102 g/mol. The molecule has 0 bridgehead atoms. The molecule has 0 amide bonds. The minimum absolute atomic E-state index is 0.556. The van der Waals surface area contributed by atoms with Crippen LogP contribution in [0.15, 0.2) is 12.7 Å². The second-order valence-electron chi connectivity index (χ2n) is 1.57. The lowest BCUT2D eigenvalue weighted by Gasteiger charge is -2.09. The molecule has 3 heteroatoms. The molecule has 36 valence electrons. The third-order valence-corrected chi connectivity index (χ3v) is 0.848. The summed E-state index contributed by atoms with van der Waals surface area (Å²) in [5.74, 6) is 0. The Bertz CT molecular complexity index is 54.3. The maximum atomic E-state index is 5.26. The van der Waals surface area contributed by atoms with Crippen LogP contribution in [0.5, 0.6) is 0 Å². The number of nitrogens with two attached hydrogens (primary N) is 2. The van der Waals surface area contributed by atoms with Crippen LogP contribution in [0, 0.1) is 0 Å². The Balaban J connectivity index is 3.45. The Morgan fingerprint density at radius 1 is 1.67 bits per heavy atom. The topological polar surface area (TPSA) is 52.0 Å². The predicted octanol–water partition coefficient (Wildman–Crippen LogP) is -1.89. The highest BCUT2D eigenvalue weighted by Crippen LogP contribution is 1.76. The van der Waals surface area contributed by atoms with E-state index in [0.29, 0.717) is 0 Å². The molecule has 0 saturated heterocycles. The highest BCUT2D eigenvalue weighted by molar-refractivity contribution is 6.15. The highest BCUT2D eigenvalue weighted by atomic mass is 28.1. The minimum Gasteiger partial charge on any atom is -0.314 e. The van der Waals surface area contributed by atoms with E-state index in [2.05, 4.69) is 6.58 Å². The van der Waals surface area contributed by atoms with Gasteiger partial charge in [-0.1, -0.05) is 6.08 Å². The van der Waals surface area contributed by atoms with Crippen LogP contribution in [0.4, 0.5) is 0 Å². The van der Waals surface area contributed by atoms with Gasteiger partial charge in [-0.2, -0.15) is 0 Å². The molecule has 0 aromatic carbocycles. The van der Waals surface area contributed by atoms with Crippen molar-refractivity contribution < 1.29 is 0 Å². The van der Waals surface area contributed by atoms with Crippen molar-refractivity contribution in [3.63, 3.8) is 0 Å². The predicted molar refractivity (Wildman–Crippen MR) is 31.2 cm³/mol. The van der Waals surface area contributed by atoms with Crippen molar-refractivity contribution in [2.45, 2.75) is 5.29 Å². The van der Waals surface area contributed by atoms with Crippen molar-refractivity contribution in [2.75, 3.05) is 0 Å². The van der Waals surface area contributed by atoms with Crippen LogP contribution in [0.1, 0.15) is 0 Å². The molecule has 0 fully saturated rings. The van der Waals surface area contributed by atoms with Crippen molar-refractivity contribution in [3.8, 4) is 0 Å². The van der Waals surface area contributed by atoms with Gasteiger partial charge < -0.3 is 11.5 Å². The third kappa shape index (κ3) is 3.88. The summed E-state index contributed by atoms with van der Waals surface area (Å²) in [6.45, 7) is 3.42. The Hall–Kier alpha value is -0.123. The first-order chi connectivity index (χ1) is 2.56. The maximum absolute atomic E-state index is 5.26. The van der Waals surface area contributed by atoms with Crippen molar-refractivity contribution in [1.29, 1.82) is 0 Å². The van der Waals surface area contributed by atoms with E-state index in [4.69, 9.17) is 11.5 Å². The van der Waals surface area contributed by atoms with Crippen molar-refractivity contribution >= 4 is 10.2 Å². The van der Waals surface area contributed by atoms with E-state index in [1.165, 1.54) is 0 Å². The lowest BCUT2D eigenvalue weighted by atomic mass is 10.5. The van der Waals surface area contributed by atoms with Gasteiger partial charge in [0, 0.05) is 0 Å². The number of hydrogen-bond acceptors (Lipinski definition) is 2. The van der Waals surface area contributed by atoms with E-state index < -0.39 is 5.29 Å². The van der Waals surface area contributed by atoms with Gasteiger partial charge in [0.1, 0.15) is 0 Å². The molecule has 0 unspecified atom stereocenters. The van der Waals surface area contributed by atoms with E-state index in [1.807, 2.05) is 0 Å². The molecule has 0 spiro atoms. The van der Waals surface area contributed by atoms with Crippen molar-refractivity contribution in [3.05, 3.63) is 12.7 Å². The van der Waals surface area contributed by atoms with Gasteiger partial charge in [0.2, 0.25) is 0 Å². The quantitative estimate of drug-likeness (QED) is 0.231. The SMILES string of the molecule is C=CC(N)(N)[SiH3]. The molecule has 0 aliphatic rings. The molecule has 6 heavy (non-hydrogen) atoms. The minimum atomic E-state index is -0.556. The molecule has 0 aliphatic carbocycles. The van der Waals surface area contributed by atoms with Gasteiger partial charge in [-0.3, -0.25) is 0 Å². The van der Waals surface area contributed by atoms with Gasteiger partial charge in [0.05, 0.1) is 15.5 Å². The van der Waals surface area contributed by atoms with Crippen LogP contribution < -0.4 is 11.5 Å². The lowest BCUT2D eigenvalue weighted by molar-refractivity contribution is 0.785. The van der Waals surface area contributed by atoms with E-state index in [9.17, 15) is 0 Å². The summed E-state index contributed by atoms with van der Waals surface area (Å²) >= 11 is 0. The molecule has 2 nitrogen and oxygen atoms in total. The Labute approximate surface area is 40.6 Å². The molecule has 0 heterocycles. The molecule has 4 N–H and O–H groups in total. The molecular formula is C3H10N2Si. The van der Waals surface area contributed by atoms with E-state index >= 15 is 0 Å². The zero-order valence-electron chi connectivity index (χ0n) is 3.94. The Morgan fingerprint density at radius 3 is 1.83 bits per heavy atom. The van der Waals surface area contributed by atoms with Crippen LogP contribution in [0.3, 0.4) is 0 Å². The summed E-state index contributed by atoms with van der Waals surface area (Å²) in [5, 5.41) is -0.556. The van der Waals surface area contributed by atoms with Gasteiger partial charge in [0.25, 0.3) is 0 Å². The Morgan fingerprint density at radius 2 is 1.83 bits per heavy atom. The van der Waals surface area contributed by atoms with Crippen LogP contribution in [-0.2, 0) is 0 Å². The molecule has 0 radical (unpaired) electrons.